The highest BCUT2D eigenvalue weighted by molar-refractivity contribution is 7.10. The Morgan fingerprint density at radius 2 is 1.92 bits per heavy atom. The predicted octanol–water partition coefficient (Wildman–Crippen LogP) is 5.88. The second kappa shape index (κ2) is 7.74. The molecule has 2 nitrogen and oxygen atoms in total. The van der Waals surface area contributed by atoms with E-state index in [1.54, 1.807) is 11.3 Å². The van der Waals surface area contributed by atoms with Crippen molar-refractivity contribution >= 4 is 17.2 Å². The Morgan fingerprint density at radius 3 is 2.56 bits per heavy atom. The molecule has 1 amide bonds. The number of carbonyl (C=O) groups is 1. The standard InChI is InChI=1S/C22H29NOS/c1-5-20(17-9-7-16(8-10-17)14(2)3)23-22(24)19-13-25-21-12-15(4)6-11-18(19)21/h7-10,13-15,20H,5-6,11-12H2,1-4H3,(H,23,24)/t15-,20-/m1/s1. The molecule has 0 unspecified atom stereocenters. The normalized spacial score (nSPS) is 18.0. The summed E-state index contributed by atoms with van der Waals surface area (Å²) in [6.45, 7) is 8.84. The molecule has 1 heterocycles. The minimum Gasteiger partial charge on any atom is -0.345 e. The Labute approximate surface area is 155 Å². The summed E-state index contributed by atoms with van der Waals surface area (Å²) in [7, 11) is 0. The van der Waals surface area contributed by atoms with E-state index in [9.17, 15) is 4.79 Å². The summed E-state index contributed by atoms with van der Waals surface area (Å²) < 4.78 is 0. The fraction of sp³-hybridized carbons (Fsp3) is 0.500. The van der Waals surface area contributed by atoms with Crippen molar-refractivity contribution in [1.29, 1.82) is 0 Å². The van der Waals surface area contributed by atoms with Crippen LogP contribution in [0.4, 0.5) is 0 Å². The first-order valence-electron chi connectivity index (χ1n) is 9.49. The minimum absolute atomic E-state index is 0.0757. The molecular formula is C22H29NOS. The van der Waals surface area contributed by atoms with Gasteiger partial charge >= 0.3 is 0 Å². The van der Waals surface area contributed by atoms with Crippen LogP contribution in [0.2, 0.25) is 0 Å². The molecule has 0 aliphatic heterocycles. The predicted molar refractivity (Wildman–Crippen MR) is 107 cm³/mol. The fourth-order valence-corrected chi connectivity index (χ4v) is 4.88. The van der Waals surface area contributed by atoms with Crippen LogP contribution >= 0.6 is 11.3 Å². The molecule has 25 heavy (non-hydrogen) atoms. The van der Waals surface area contributed by atoms with Gasteiger partial charge in [0.2, 0.25) is 0 Å². The van der Waals surface area contributed by atoms with Crippen LogP contribution in [0, 0.1) is 5.92 Å². The smallest absolute Gasteiger partial charge is 0.252 e. The van der Waals surface area contributed by atoms with E-state index < -0.39 is 0 Å². The van der Waals surface area contributed by atoms with Gasteiger partial charge in [0, 0.05) is 10.3 Å². The van der Waals surface area contributed by atoms with Crippen molar-refractivity contribution in [3.63, 3.8) is 0 Å². The molecular weight excluding hydrogens is 326 g/mol. The Kier molecular flexibility index (Phi) is 5.63. The largest absolute Gasteiger partial charge is 0.345 e. The third-order valence-corrected chi connectivity index (χ3v) is 6.42. The zero-order valence-electron chi connectivity index (χ0n) is 15.8. The van der Waals surface area contributed by atoms with Gasteiger partial charge in [-0.1, -0.05) is 52.0 Å². The Morgan fingerprint density at radius 1 is 1.24 bits per heavy atom. The Hall–Kier alpha value is -1.61. The van der Waals surface area contributed by atoms with Crippen LogP contribution in [0.1, 0.15) is 84.4 Å². The lowest BCUT2D eigenvalue weighted by Crippen LogP contribution is -2.29. The third-order valence-electron chi connectivity index (χ3n) is 5.37. The summed E-state index contributed by atoms with van der Waals surface area (Å²) in [5.41, 5.74) is 4.73. The zero-order chi connectivity index (χ0) is 18.0. The molecule has 0 spiro atoms. The van der Waals surface area contributed by atoms with Crippen molar-refractivity contribution in [3.8, 4) is 0 Å². The highest BCUT2D eigenvalue weighted by atomic mass is 32.1. The van der Waals surface area contributed by atoms with Crippen LogP contribution in [0.5, 0.6) is 0 Å². The van der Waals surface area contributed by atoms with E-state index in [1.807, 2.05) is 0 Å². The summed E-state index contributed by atoms with van der Waals surface area (Å²) in [6.07, 6.45) is 4.26. The van der Waals surface area contributed by atoms with E-state index in [1.165, 1.54) is 28.0 Å². The van der Waals surface area contributed by atoms with Gasteiger partial charge in [0.1, 0.15) is 0 Å². The average Bonchev–Trinajstić information content (AvgIpc) is 3.02. The summed E-state index contributed by atoms with van der Waals surface area (Å²) in [5, 5.41) is 5.33. The van der Waals surface area contributed by atoms with Crippen LogP contribution in [0.25, 0.3) is 0 Å². The maximum Gasteiger partial charge on any atom is 0.252 e. The van der Waals surface area contributed by atoms with Gasteiger partial charge in [0.05, 0.1) is 11.6 Å². The lowest BCUT2D eigenvalue weighted by Gasteiger charge is -2.21. The number of rotatable bonds is 5. The molecule has 0 bridgehead atoms. The molecule has 1 aliphatic carbocycles. The van der Waals surface area contributed by atoms with E-state index in [-0.39, 0.29) is 11.9 Å². The average molecular weight is 356 g/mol. The minimum atomic E-state index is 0.0757. The number of fused-ring (bicyclic) bond motifs is 1. The number of hydrogen-bond donors (Lipinski definition) is 1. The van der Waals surface area contributed by atoms with E-state index >= 15 is 0 Å². The maximum absolute atomic E-state index is 12.9. The first-order valence-corrected chi connectivity index (χ1v) is 10.4. The van der Waals surface area contributed by atoms with Crippen molar-refractivity contribution in [2.45, 2.75) is 65.3 Å². The Balaban J connectivity index is 1.75. The van der Waals surface area contributed by atoms with Gasteiger partial charge in [-0.15, -0.1) is 11.3 Å². The quantitative estimate of drug-likeness (QED) is 0.713. The van der Waals surface area contributed by atoms with Crippen LogP contribution in [-0.2, 0) is 12.8 Å². The molecule has 0 radical (unpaired) electrons. The van der Waals surface area contributed by atoms with Gasteiger partial charge in [-0.2, -0.15) is 0 Å². The van der Waals surface area contributed by atoms with Crippen molar-refractivity contribution in [2.75, 3.05) is 0 Å². The van der Waals surface area contributed by atoms with Gasteiger partial charge < -0.3 is 5.32 Å². The zero-order valence-corrected chi connectivity index (χ0v) is 16.6. The van der Waals surface area contributed by atoms with Gasteiger partial charge in [0.25, 0.3) is 5.91 Å². The van der Waals surface area contributed by atoms with Crippen LogP contribution in [0.15, 0.2) is 29.6 Å². The van der Waals surface area contributed by atoms with Crippen LogP contribution in [-0.4, -0.2) is 5.91 Å². The molecule has 3 rings (SSSR count). The molecule has 3 heteroatoms. The summed E-state index contributed by atoms with van der Waals surface area (Å²) in [4.78, 5) is 14.3. The van der Waals surface area contributed by atoms with Gasteiger partial charge in [0.15, 0.2) is 0 Å². The molecule has 0 saturated carbocycles. The molecule has 1 aromatic heterocycles. The lowest BCUT2D eigenvalue weighted by atomic mass is 9.88. The highest BCUT2D eigenvalue weighted by Crippen LogP contribution is 2.33. The number of carbonyl (C=O) groups excluding carboxylic acids is 1. The lowest BCUT2D eigenvalue weighted by molar-refractivity contribution is 0.0934. The van der Waals surface area contributed by atoms with E-state index in [0.29, 0.717) is 5.92 Å². The van der Waals surface area contributed by atoms with Gasteiger partial charge in [-0.05, 0) is 54.2 Å². The van der Waals surface area contributed by atoms with Gasteiger partial charge in [-0.3, -0.25) is 4.79 Å². The number of thiophene rings is 1. The number of nitrogens with one attached hydrogen (secondary N) is 1. The highest BCUT2D eigenvalue weighted by Gasteiger charge is 2.24. The monoisotopic (exact) mass is 355 g/mol. The van der Waals surface area contributed by atoms with Gasteiger partial charge in [-0.25, -0.2) is 0 Å². The van der Waals surface area contributed by atoms with Crippen LogP contribution < -0.4 is 5.32 Å². The summed E-state index contributed by atoms with van der Waals surface area (Å²) in [6, 6.07) is 8.76. The number of benzene rings is 1. The van der Waals surface area contributed by atoms with Crippen LogP contribution in [0.3, 0.4) is 0 Å². The first kappa shape index (κ1) is 18.2. The van der Waals surface area contributed by atoms with E-state index in [0.717, 1.165) is 30.7 Å². The van der Waals surface area contributed by atoms with E-state index in [2.05, 4.69) is 62.7 Å². The summed E-state index contributed by atoms with van der Waals surface area (Å²) >= 11 is 1.76. The molecule has 1 aliphatic rings. The van der Waals surface area contributed by atoms with Crippen molar-refractivity contribution < 1.29 is 4.79 Å². The number of amides is 1. The second-order valence-electron chi connectivity index (χ2n) is 7.65. The molecule has 1 aromatic carbocycles. The molecule has 2 atom stereocenters. The maximum atomic E-state index is 12.9. The molecule has 0 saturated heterocycles. The SMILES string of the molecule is CC[C@@H](NC(=O)c1csc2c1CC[C@@H](C)C2)c1ccc(C(C)C)cc1. The molecule has 1 N–H and O–H groups in total. The molecule has 2 aromatic rings. The molecule has 0 fully saturated rings. The van der Waals surface area contributed by atoms with E-state index in [4.69, 9.17) is 0 Å². The first-order chi connectivity index (χ1) is 12.0. The van der Waals surface area contributed by atoms with Crippen molar-refractivity contribution in [1.82, 2.24) is 5.32 Å². The number of hydrogen-bond acceptors (Lipinski definition) is 2. The Bertz CT molecular complexity index is 729. The van der Waals surface area contributed by atoms with Crippen molar-refractivity contribution in [3.05, 3.63) is 56.8 Å². The fourth-order valence-electron chi connectivity index (χ4n) is 3.64. The van der Waals surface area contributed by atoms with Crippen molar-refractivity contribution in [2.24, 2.45) is 5.92 Å². The summed E-state index contributed by atoms with van der Waals surface area (Å²) in [5.74, 6) is 1.36. The third kappa shape index (κ3) is 3.98. The topological polar surface area (TPSA) is 29.1 Å². The molecule has 134 valence electrons. The second-order valence-corrected chi connectivity index (χ2v) is 8.62.